The molecule has 5 nitrogen and oxygen atoms in total. The summed E-state index contributed by atoms with van der Waals surface area (Å²) < 4.78 is 6.78. The number of halogens is 1. The second-order valence-corrected chi connectivity index (χ2v) is 5.54. The summed E-state index contributed by atoms with van der Waals surface area (Å²) in [5.41, 5.74) is 2.08. The number of nitrogens with one attached hydrogen (secondary N) is 1. The van der Waals surface area contributed by atoms with E-state index in [9.17, 15) is 9.59 Å². The fourth-order valence-electron chi connectivity index (χ4n) is 2.28. The number of ether oxygens (including phenoxy) is 1. The van der Waals surface area contributed by atoms with Crippen LogP contribution in [0.1, 0.15) is 26.2 Å². The van der Waals surface area contributed by atoms with Gasteiger partial charge in [-0.1, -0.05) is 0 Å². The maximum absolute atomic E-state index is 11.9. The van der Waals surface area contributed by atoms with Crippen LogP contribution >= 0.6 is 16.1 Å². The molecule has 0 aromatic rings. The van der Waals surface area contributed by atoms with Crippen molar-refractivity contribution in [3.05, 3.63) is 23.5 Å². The molecule has 1 unspecified atom stereocenters. The Bertz CT molecular complexity index is 445. The fourth-order valence-corrected chi connectivity index (χ4v) is 2.70. The largest absolute Gasteiger partial charge is 0.466 e. The van der Waals surface area contributed by atoms with Gasteiger partial charge in [-0.15, -0.1) is 0 Å². The van der Waals surface area contributed by atoms with E-state index >= 15 is 0 Å². The predicted molar refractivity (Wildman–Crippen MR) is 73.9 cm³/mol. The molecule has 0 aliphatic carbocycles. The van der Waals surface area contributed by atoms with Crippen LogP contribution in [0.25, 0.3) is 0 Å². The van der Waals surface area contributed by atoms with Crippen molar-refractivity contribution in [2.75, 3.05) is 13.2 Å². The molecule has 0 aromatic carbocycles. The summed E-state index contributed by atoms with van der Waals surface area (Å²) in [6.45, 7) is 2.91. The first-order valence-electron chi connectivity index (χ1n) is 6.39. The van der Waals surface area contributed by atoms with Crippen LogP contribution in [0.3, 0.4) is 0 Å². The van der Waals surface area contributed by atoms with Gasteiger partial charge in [0.15, 0.2) is 0 Å². The number of hydrogen-bond acceptors (Lipinski definition) is 4. The van der Waals surface area contributed by atoms with E-state index in [0.717, 1.165) is 12.2 Å². The minimum atomic E-state index is -0.235. The number of amides is 1. The molecule has 2 rings (SSSR count). The van der Waals surface area contributed by atoms with E-state index in [1.807, 2.05) is 16.2 Å². The van der Waals surface area contributed by atoms with Gasteiger partial charge in [-0.05, 0) is 31.4 Å². The lowest BCUT2D eigenvalue weighted by atomic mass is 9.89. The first-order valence-corrected chi connectivity index (χ1v) is 7.10. The molecule has 2 heterocycles. The first kappa shape index (κ1) is 14.1. The second kappa shape index (κ2) is 6.23. The van der Waals surface area contributed by atoms with Crippen molar-refractivity contribution in [2.45, 2.75) is 26.2 Å². The molecule has 2 aliphatic rings. The lowest BCUT2D eigenvalue weighted by Crippen LogP contribution is -2.38. The number of carbonyl (C=O) groups is 2. The first-order chi connectivity index (χ1) is 9.10. The van der Waals surface area contributed by atoms with Crippen molar-refractivity contribution in [1.82, 2.24) is 9.24 Å². The van der Waals surface area contributed by atoms with Crippen molar-refractivity contribution in [2.24, 2.45) is 5.92 Å². The van der Waals surface area contributed by atoms with Crippen LogP contribution in [-0.2, 0) is 14.3 Å². The van der Waals surface area contributed by atoms with Gasteiger partial charge in [-0.25, -0.2) is 0 Å². The molecular formula is C13H17BrN2O3. The molecular weight excluding hydrogens is 312 g/mol. The summed E-state index contributed by atoms with van der Waals surface area (Å²) in [6, 6.07) is 0. The summed E-state index contributed by atoms with van der Waals surface area (Å²) in [7, 11) is 0. The Kier molecular flexibility index (Phi) is 4.63. The third kappa shape index (κ3) is 3.59. The summed E-state index contributed by atoms with van der Waals surface area (Å²) in [6.07, 6.45) is 5.29. The lowest BCUT2D eigenvalue weighted by Gasteiger charge is -2.30. The van der Waals surface area contributed by atoms with Crippen molar-refractivity contribution < 1.29 is 14.3 Å². The molecule has 1 amide bonds. The van der Waals surface area contributed by atoms with E-state index in [1.165, 1.54) is 5.57 Å². The number of carbonyl (C=O) groups excluding carboxylic acids is 2. The quantitative estimate of drug-likeness (QED) is 0.632. The number of nitrogens with zero attached hydrogens (tertiary/aromatic N) is 1. The van der Waals surface area contributed by atoms with Gasteiger partial charge in [-0.3, -0.25) is 9.59 Å². The van der Waals surface area contributed by atoms with Gasteiger partial charge in [0.25, 0.3) is 0 Å². The van der Waals surface area contributed by atoms with E-state index in [-0.39, 0.29) is 17.8 Å². The monoisotopic (exact) mass is 328 g/mol. The topological polar surface area (TPSA) is 58.6 Å². The average molecular weight is 329 g/mol. The SMILES string of the molecule is CCOC(=O)CCC1CC2=C(C=CN(Br)C2)NC1=O. The second-order valence-electron chi connectivity index (χ2n) is 4.62. The number of esters is 1. The lowest BCUT2D eigenvalue weighted by molar-refractivity contribution is -0.143. The Morgan fingerprint density at radius 1 is 1.63 bits per heavy atom. The predicted octanol–water partition coefficient (Wildman–Crippen LogP) is 1.86. The van der Waals surface area contributed by atoms with E-state index in [2.05, 4.69) is 21.5 Å². The van der Waals surface area contributed by atoms with Gasteiger partial charge in [0.05, 0.1) is 13.2 Å². The summed E-state index contributed by atoms with van der Waals surface area (Å²) in [5.74, 6) is -0.382. The highest BCUT2D eigenvalue weighted by molar-refractivity contribution is 9.07. The van der Waals surface area contributed by atoms with Crippen LogP contribution in [0.2, 0.25) is 0 Å². The number of hydrogen-bond donors (Lipinski definition) is 1. The normalized spacial score (nSPS) is 22.1. The van der Waals surface area contributed by atoms with Crippen molar-refractivity contribution in [3.63, 3.8) is 0 Å². The van der Waals surface area contributed by atoms with Gasteiger partial charge in [0.2, 0.25) is 5.91 Å². The van der Waals surface area contributed by atoms with Crippen LogP contribution in [0.4, 0.5) is 0 Å². The van der Waals surface area contributed by atoms with Crippen LogP contribution < -0.4 is 5.32 Å². The minimum absolute atomic E-state index is 0.00396. The van der Waals surface area contributed by atoms with E-state index in [4.69, 9.17) is 4.74 Å². The van der Waals surface area contributed by atoms with Gasteiger partial charge in [0, 0.05) is 40.4 Å². The summed E-state index contributed by atoms with van der Waals surface area (Å²) in [4.78, 5) is 23.3. The standard InChI is InChI=1S/C13H17BrN2O3/c1-2-19-12(17)4-3-9-7-10-8-16(14)6-5-11(10)15-13(9)18/h5-6,9H,2-4,7-8H2,1H3,(H,15,18). The van der Waals surface area contributed by atoms with Crippen molar-refractivity contribution in [1.29, 1.82) is 0 Å². The zero-order valence-corrected chi connectivity index (χ0v) is 12.4. The minimum Gasteiger partial charge on any atom is -0.466 e. The highest BCUT2D eigenvalue weighted by Gasteiger charge is 2.29. The third-order valence-electron chi connectivity index (χ3n) is 3.25. The Morgan fingerprint density at radius 2 is 2.42 bits per heavy atom. The summed E-state index contributed by atoms with van der Waals surface area (Å²) >= 11 is 3.39. The molecule has 0 spiro atoms. The smallest absolute Gasteiger partial charge is 0.305 e. The molecule has 6 heteroatoms. The van der Waals surface area contributed by atoms with Gasteiger partial charge in [-0.2, -0.15) is 0 Å². The van der Waals surface area contributed by atoms with E-state index < -0.39 is 0 Å². The Morgan fingerprint density at radius 3 is 3.16 bits per heavy atom. The Hall–Kier alpha value is -1.30. The van der Waals surface area contributed by atoms with Crippen LogP contribution in [0.5, 0.6) is 0 Å². The molecule has 2 aliphatic heterocycles. The molecule has 104 valence electrons. The number of rotatable bonds is 4. The molecule has 0 fully saturated rings. The van der Waals surface area contributed by atoms with Crippen molar-refractivity contribution >= 4 is 28.0 Å². The molecule has 1 N–H and O–H groups in total. The van der Waals surface area contributed by atoms with Crippen LogP contribution in [-0.4, -0.2) is 29.0 Å². The van der Waals surface area contributed by atoms with E-state index in [1.54, 1.807) is 6.92 Å². The molecule has 19 heavy (non-hydrogen) atoms. The van der Waals surface area contributed by atoms with E-state index in [0.29, 0.717) is 25.9 Å². The third-order valence-corrected chi connectivity index (χ3v) is 3.74. The maximum Gasteiger partial charge on any atom is 0.305 e. The fraction of sp³-hybridized carbons (Fsp3) is 0.538. The van der Waals surface area contributed by atoms with Crippen LogP contribution in [0.15, 0.2) is 23.5 Å². The summed E-state index contributed by atoms with van der Waals surface area (Å²) in [5, 5.41) is 2.90. The van der Waals surface area contributed by atoms with Gasteiger partial charge in [0.1, 0.15) is 0 Å². The molecule has 0 saturated carbocycles. The van der Waals surface area contributed by atoms with Gasteiger partial charge >= 0.3 is 5.97 Å². The highest BCUT2D eigenvalue weighted by Crippen LogP contribution is 2.28. The molecule has 0 radical (unpaired) electrons. The Balaban J connectivity index is 1.93. The van der Waals surface area contributed by atoms with Gasteiger partial charge < -0.3 is 14.0 Å². The molecule has 0 bridgehead atoms. The molecule has 0 saturated heterocycles. The number of allylic oxidation sites excluding steroid dienone is 1. The molecule has 1 atom stereocenters. The Labute approximate surface area is 121 Å². The maximum atomic E-state index is 11.9. The zero-order valence-electron chi connectivity index (χ0n) is 10.8. The van der Waals surface area contributed by atoms with Crippen LogP contribution in [0, 0.1) is 5.92 Å². The van der Waals surface area contributed by atoms with Crippen molar-refractivity contribution in [3.8, 4) is 0 Å². The molecule has 0 aromatic heterocycles. The average Bonchev–Trinajstić information content (AvgIpc) is 2.37. The highest BCUT2D eigenvalue weighted by atomic mass is 79.9. The zero-order chi connectivity index (χ0) is 13.8.